The average molecular weight is 402 g/mol. The monoisotopic (exact) mass is 402 g/mol. The first kappa shape index (κ1) is 19.3. The number of carbonyl (C=O) groups is 1. The summed E-state index contributed by atoms with van der Waals surface area (Å²) in [6, 6.07) is 14.5. The van der Waals surface area contributed by atoms with Gasteiger partial charge < -0.3 is 10.6 Å². The molecule has 4 rings (SSSR count). The first-order valence-electron chi connectivity index (χ1n) is 9.54. The van der Waals surface area contributed by atoms with Crippen molar-refractivity contribution < 1.29 is 4.79 Å². The lowest BCUT2D eigenvalue weighted by Gasteiger charge is -2.13. The molecule has 0 aliphatic carbocycles. The molecule has 1 aromatic carbocycles. The van der Waals surface area contributed by atoms with Gasteiger partial charge in [-0.25, -0.2) is 4.68 Å². The Labute approximate surface area is 173 Å². The highest BCUT2D eigenvalue weighted by molar-refractivity contribution is 5.93. The van der Waals surface area contributed by atoms with E-state index in [4.69, 9.17) is 0 Å². The Morgan fingerprint density at radius 3 is 2.40 bits per heavy atom. The highest BCUT2D eigenvalue weighted by Gasteiger charge is 2.15. The van der Waals surface area contributed by atoms with Crippen molar-refractivity contribution in [3.63, 3.8) is 0 Å². The lowest BCUT2D eigenvalue weighted by atomic mass is 10.2. The van der Waals surface area contributed by atoms with Crippen molar-refractivity contribution in [2.45, 2.75) is 26.8 Å². The summed E-state index contributed by atoms with van der Waals surface area (Å²) in [7, 11) is 0. The SMILES string of the molecule is Cc1cc(C)n(-c2ccc(Nc3ccc(NC(=O)C(C)n4cccn4)cc3)nn2)n1. The third-order valence-electron chi connectivity index (χ3n) is 4.60. The topological polar surface area (TPSA) is 103 Å². The van der Waals surface area contributed by atoms with Crippen LogP contribution in [0.3, 0.4) is 0 Å². The maximum atomic E-state index is 12.3. The maximum absolute atomic E-state index is 12.3. The van der Waals surface area contributed by atoms with Crippen molar-refractivity contribution in [1.29, 1.82) is 0 Å². The third kappa shape index (κ3) is 4.19. The van der Waals surface area contributed by atoms with Crippen LogP contribution in [0.4, 0.5) is 17.2 Å². The highest BCUT2D eigenvalue weighted by Crippen LogP contribution is 2.19. The van der Waals surface area contributed by atoms with Gasteiger partial charge in [0, 0.05) is 29.5 Å². The van der Waals surface area contributed by atoms with Crippen LogP contribution in [-0.4, -0.2) is 35.7 Å². The van der Waals surface area contributed by atoms with Crippen LogP contribution in [0.5, 0.6) is 0 Å². The molecule has 3 aromatic heterocycles. The number of benzene rings is 1. The molecule has 0 spiro atoms. The van der Waals surface area contributed by atoms with Crippen LogP contribution in [0.1, 0.15) is 24.4 Å². The zero-order valence-corrected chi connectivity index (χ0v) is 16.9. The molecular weight excluding hydrogens is 380 g/mol. The zero-order valence-electron chi connectivity index (χ0n) is 16.9. The summed E-state index contributed by atoms with van der Waals surface area (Å²) in [5.74, 6) is 1.14. The van der Waals surface area contributed by atoms with Gasteiger partial charge in [0.25, 0.3) is 0 Å². The first-order valence-corrected chi connectivity index (χ1v) is 9.54. The van der Waals surface area contributed by atoms with E-state index >= 15 is 0 Å². The Morgan fingerprint density at radius 2 is 1.80 bits per heavy atom. The predicted molar refractivity (Wildman–Crippen MR) is 114 cm³/mol. The summed E-state index contributed by atoms with van der Waals surface area (Å²) < 4.78 is 3.37. The minimum atomic E-state index is -0.395. The fraction of sp³-hybridized carbons (Fsp3) is 0.190. The molecule has 9 heteroatoms. The van der Waals surface area contributed by atoms with Gasteiger partial charge >= 0.3 is 0 Å². The molecule has 0 fully saturated rings. The smallest absolute Gasteiger partial charge is 0.248 e. The number of hydrogen-bond acceptors (Lipinski definition) is 6. The van der Waals surface area contributed by atoms with Gasteiger partial charge in [0.1, 0.15) is 6.04 Å². The van der Waals surface area contributed by atoms with Crippen molar-refractivity contribution in [3.8, 4) is 5.82 Å². The van der Waals surface area contributed by atoms with Crippen LogP contribution in [0.2, 0.25) is 0 Å². The minimum Gasteiger partial charge on any atom is -0.339 e. The number of amides is 1. The van der Waals surface area contributed by atoms with Gasteiger partial charge in [-0.1, -0.05) is 0 Å². The second kappa shape index (κ2) is 8.16. The number of carbonyl (C=O) groups excluding carboxylic acids is 1. The van der Waals surface area contributed by atoms with E-state index < -0.39 is 6.04 Å². The summed E-state index contributed by atoms with van der Waals surface area (Å²) in [6.45, 7) is 5.72. The summed E-state index contributed by atoms with van der Waals surface area (Å²) in [5, 5.41) is 23.1. The molecular formula is C21H22N8O. The van der Waals surface area contributed by atoms with Crippen LogP contribution >= 0.6 is 0 Å². The number of aryl methyl sites for hydroxylation is 2. The van der Waals surface area contributed by atoms with Crippen LogP contribution in [0.15, 0.2) is 60.9 Å². The van der Waals surface area contributed by atoms with Crippen molar-refractivity contribution in [1.82, 2.24) is 29.8 Å². The van der Waals surface area contributed by atoms with Gasteiger partial charge in [0.2, 0.25) is 5.91 Å². The van der Waals surface area contributed by atoms with Gasteiger partial charge in [-0.3, -0.25) is 9.48 Å². The summed E-state index contributed by atoms with van der Waals surface area (Å²) in [4.78, 5) is 12.3. The fourth-order valence-corrected chi connectivity index (χ4v) is 3.03. The Morgan fingerprint density at radius 1 is 1.03 bits per heavy atom. The van der Waals surface area contributed by atoms with Gasteiger partial charge in [-0.2, -0.15) is 10.2 Å². The molecule has 4 aromatic rings. The average Bonchev–Trinajstić information content (AvgIpc) is 3.39. The Bertz CT molecular complexity index is 1130. The second-order valence-corrected chi connectivity index (χ2v) is 6.97. The van der Waals surface area contributed by atoms with Gasteiger partial charge in [-0.05, 0) is 69.3 Å². The molecule has 3 heterocycles. The van der Waals surface area contributed by atoms with E-state index in [1.165, 1.54) is 0 Å². The van der Waals surface area contributed by atoms with Gasteiger partial charge in [0.05, 0.1) is 5.69 Å². The third-order valence-corrected chi connectivity index (χ3v) is 4.60. The second-order valence-electron chi connectivity index (χ2n) is 6.97. The molecule has 30 heavy (non-hydrogen) atoms. The van der Waals surface area contributed by atoms with E-state index in [1.807, 2.05) is 56.3 Å². The molecule has 152 valence electrons. The number of anilines is 3. The van der Waals surface area contributed by atoms with Crippen LogP contribution in [0, 0.1) is 13.8 Å². The van der Waals surface area contributed by atoms with Crippen molar-refractivity contribution in [2.75, 3.05) is 10.6 Å². The van der Waals surface area contributed by atoms with Crippen molar-refractivity contribution in [2.24, 2.45) is 0 Å². The van der Waals surface area contributed by atoms with Gasteiger partial charge in [-0.15, -0.1) is 10.2 Å². The zero-order chi connectivity index (χ0) is 21.1. The number of nitrogens with one attached hydrogen (secondary N) is 2. The lowest BCUT2D eigenvalue weighted by Crippen LogP contribution is -2.23. The molecule has 0 saturated heterocycles. The fourth-order valence-electron chi connectivity index (χ4n) is 3.03. The quantitative estimate of drug-likeness (QED) is 0.512. The summed E-state index contributed by atoms with van der Waals surface area (Å²) >= 11 is 0. The highest BCUT2D eigenvalue weighted by atomic mass is 16.2. The summed E-state index contributed by atoms with van der Waals surface area (Å²) in [5.41, 5.74) is 3.47. The van der Waals surface area contributed by atoms with Gasteiger partial charge in [0.15, 0.2) is 11.6 Å². The van der Waals surface area contributed by atoms with E-state index in [0.717, 1.165) is 17.1 Å². The molecule has 9 nitrogen and oxygen atoms in total. The Hall–Kier alpha value is -4.01. The van der Waals surface area contributed by atoms with Crippen molar-refractivity contribution in [3.05, 3.63) is 72.3 Å². The molecule has 0 saturated carbocycles. The van der Waals surface area contributed by atoms with E-state index in [1.54, 1.807) is 34.7 Å². The molecule has 0 aliphatic rings. The largest absolute Gasteiger partial charge is 0.339 e. The normalized spacial score (nSPS) is 11.8. The summed E-state index contributed by atoms with van der Waals surface area (Å²) in [6.07, 6.45) is 3.41. The number of hydrogen-bond donors (Lipinski definition) is 2. The Kier molecular flexibility index (Phi) is 5.25. The van der Waals surface area contributed by atoms with Crippen LogP contribution in [-0.2, 0) is 4.79 Å². The van der Waals surface area contributed by atoms with E-state index in [9.17, 15) is 4.79 Å². The molecule has 0 radical (unpaired) electrons. The van der Waals surface area contributed by atoms with Crippen LogP contribution in [0.25, 0.3) is 5.82 Å². The Balaban J connectivity index is 1.38. The molecule has 1 unspecified atom stereocenters. The molecule has 2 N–H and O–H groups in total. The number of nitrogens with zero attached hydrogens (tertiary/aromatic N) is 6. The lowest BCUT2D eigenvalue weighted by molar-refractivity contribution is -0.119. The minimum absolute atomic E-state index is 0.134. The molecule has 1 amide bonds. The molecule has 0 bridgehead atoms. The predicted octanol–water partition coefficient (Wildman–Crippen LogP) is 3.42. The van der Waals surface area contributed by atoms with Crippen LogP contribution < -0.4 is 10.6 Å². The standard InChI is InChI=1S/C21H22N8O/c1-14-13-15(2)29(27-14)20-10-9-19(25-26-20)23-17-5-7-18(8-6-17)24-21(30)16(3)28-12-4-11-22-28/h4-13,16H,1-3H3,(H,23,25)(H,24,30). The van der Waals surface area contributed by atoms with Crippen molar-refractivity contribution >= 4 is 23.1 Å². The number of aromatic nitrogens is 6. The maximum Gasteiger partial charge on any atom is 0.248 e. The first-order chi connectivity index (χ1) is 14.5. The molecule has 1 atom stereocenters. The van der Waals surface area contributed by atoms with E-state index in [-0.39, 0.29) is 5.91 Å². The van der Waals surface area contributed by atoms with E-state index in [2.05, 4.69) is 31.0 Å². The molecule has 0 aliphatic heterocycles. The number of rotatable bonds is 6. The van der Waals surface area contributed by atoms with E-state index in [0.29, 0.717) is 17.3 Å².